The molecular weight excluding hydrogens is 422 g/mol. The van der Waals surface area contributed by atoms with Gasteiger partial charge in [-0.15, -0.1) is 0 Å². The average molecular weight is 471 g/mol. The van der Waals surface area contributed by atoms with Gasteiger partial charge < -0.3 is 26.6 Å². The van der Waals surface area contributed by atoms with Crippen LogP contribution in [0.1, 0.15) is 103 Å². The molecule has 0 spiro atoms. The van der Waals surface area contributed by atoms with E-state index in [4.69, 9.17) is 0 Å². The molecule has 0 heterocycles. The second-order valence-corrected chi connectivity index (χ2v) is 9.74. The number of aliphatic hydroxyl groups excluding tert-OH is 1. The van der Waals surface area contributed by atoms with Crippen molar-refractivity contribution in [3.8, 4) is 0 Å². The molecule has 29 heavy (non-hydrogen) atoms. The lowest BCUT2D eigenvalue weighted by molar-refractivity contribution is -0.920. The third-order valence-corrected chi connectivity index (χ3v) is 6.20. The van der Waals surface area contributed by atoms with Gasteiger partial charge in [0.25, 0.3) is 0 Å². The molecule has 0 saturated heterocycles. The molecular formula is C26H48BrNO. The topological polar surface area (TPSA) is 20.2 Å². The van der Waals surface area contributed by atoms with Gasteiger partial charge in [-0.3, -0.25) is 0 Å². The summed E-state index contributed by atoms with van der Waals surface area (Å²) in [7, 11) is 4.62. The van der Waals surface area contributed by atoms with Crippen LogP contribution in [0.25, 0.3) is 0 Å². The Kier molecular flexibility index (Phi) is 16.1. The Morgan fingerprint density at radius 3 is 1.76 bits per heavy atom. The van der Waals surface area contributed by atoms with Crippen LogP contribution in [0.2, 0.25) is 0 Å². The Morgan fingerprint density at radius 1 is 0.793 bits per heavy atom. The first-order chi connectivity index (χ1) is 13.4. The van der Waals surface area contributed by atoms with Crippen molar-refractivity contribution in [1.29, 1.82) is 0 Å². The fraction of sp³-hybridized carbons (Fsp3) is 0.769. The molecule has 2 unspecified atom stereocenters. The maximum atomic E-state index is 11.1. The van der Waals surface area contributed by atoms with Gasteiger partial charge in [0, 0.05) is 6.42 Å². The Bertz CT molecular complexity index is 489. The lowest BCUT2D eigenvalue weighted by atomic mass is 9.91. The highest BCUT2D eigenvalue weighted by molar-refractivity contribution is 5.18. The summed E-state index contributed by atoms with van der Waals surface area (Å²) in [4.78, 5) is 0. The number of halogens is 1. The normalized spacial score (nSPS) is 13.9. The minimum Gasteiger partial charge on any atom is -1.00 e. The molecule has 0 aromatic heterocycles. The average Bonchev–Trinajstić information content (AvgIpc) is 2.67. The van der Waals surface area contributed by atoms with Crippen molar-refractivity contribution < 1.29 is 26.6 Å². The lowest BCUT2D eigenvalue weighted by Gasteiger charge is -2.41. The van der Waals surface area contributed by atoms with Gasteiger partial charge in [0.1, 0.15) is 12.1 Å². The Balaban J connectivity index is 0.00000784. The molecule has 1 rings (SSSR count). The summed E-state index contributed by atoms with van der Waals surface area (Å²) in [6.45, 7) is 7.97. The van der Waals surface area contributed by atoms with Crippen molar-refractivity contribution in [1.82, 2.24) is 0 Å². The third kappa shape index (κ3) is 12.2. The standard InChI is InChI=1S/C26H48NO.BrH/c1-6-7-8-9-10-11-12-13-14-18-21-27(4,5)25(22-23(2)3)26(28)24-19-16-15-17-20-24;/h15-17,19-20,23,25-26,28H,6-14,18,21-22H2,1-5H3;1H/q+1;/p-1. The van der Waals surface area contributed by atoms with Crippen molar-refractivity contribution in [2.75, 3.05) is 20.6 Å². The number of unbranched alkanes of at least 4 members (excludes halogenated alkanes) is 9. The summed E-state index contributed by atoms with van der Waals surface area (Å²) in [6, 6.07) is 10.5. The summed E-state index contributed by atoms with van der Waals surface area (Å²) in [5.41, 5.74) is 1.06. The molecule has 0 bridgehead atoms. The van der Waals surface area contributed by atoms with Gasteiger partial charge in [0.05, 0.1) is 20.6 Å². The highest BCUT2D eigenvalue weighted by atomic mass is 79.9. The van der Waals surface area contributed by atoms with Crippen LogP contribution in [0.15, 0.2) is 30.3 Å². The van der Waals surface area contributed by atoms with E-state index in [1.807, 2.05) is 18.2 Å². The molecule has 0 fully saturated rings. The molecule has 170 valence electrons. The van der Waals surface area contributed by atoms with E-state index in [1.165, 1.54) is 64.2 Å². The predicted octanol–water partition coefficient (Wildman–Crippen LogP) is 4.14. The van der Waals surface area contributed by atoms with Crippen LogP contribution in [-0.4, -0.2) is 36.3 Å². The van der Waals surface area contributed by atoms with E-state index in [9.17, 15) is 5.11 Å². The van der Waals surface area contributed by atoms with E-state index in [2.05, 4.69) is 47.0 Å². The SMILES string of the molecule is CCCCCCCCCCCC[N+](C)(C)C(CC(C)C)C(O)c1ccccc1.[Br-]. The number of hydrogen-bond donors (Lipinski definition) is 1. The number of likely N-dealkylation sites (N-methyl/N-ethyl adjacent to an activating group) is 1. The third-order valence-electron chi connectivity index (χ3n) is 6.20. The second-order valence-electron chi connectivity index (χ2n) is 9.74. The molecule has 0 saturated carbocycles. The van der Waals surface area contributed by atoms with Gasteiger partial charge in [-0.25, -0.2) is 0 Å². The van der Waals surface area contributed by atoms with Crippen LogP contribution >= 0.6 is 0 Å². The minimum absolute atomic E-state index is 0. The second kappa shape index (κ2) is 16.3. The first-order valence-corrected chi connectivity index (χ1v) is 11.9. The number of nitrogens with zero attached hydrogens (tertiary/aromatic N) is 1. The minimum atomic E-state index is -0.387. The first kappa shape index (κ1) is 28.6. The summed E-state index contributed by atoms with van der Waals surface area (Å²) in [5, 5.41) is 11.1. The quantitative estimate of drug-likeness (QED) is 0.285. The highest BCUT2D eigenvalue weighted by Gasteiger charge is 2.35. The maximum Gasteiger partial charge on any atom is 0.131 e. The van der Waals surface area contributed by atoms with E-state index in [0.29, 0.717) is 5.92 Å². The zero-order valence-corrected chi connectivity index (χ0v) is 21.5. The largest absolute Gasteiger partial charge is 1.00 e. The van der Waals surface area contributed by atoms with Crippen molar-refractivity contribution >= 4 is 0 Å². The van der Waals surface area contributed by atoms with Crippen LogP contribution in [-0.2, 0) is 0 Å². The van der Waals surface area contributed by atoms with Crippen LogP contribution in [0, 0.1) is 5.92 Å². The van der Waals surface area contributed by atoms with Crippen LogP contribution in [0.4, 0.5) is 0 Å². The number of hydrogen-bond acceptors (Lipinski definition) is 1. The van der Waals surface area contributed by atoms with Crippen LogP contribution < -0.4 is 17.0 Å². The summed E-state index contributed by atoms with van der Waals surface area (Å²) >= 11 is 0. The molecule has 2 nitrogen and oxygen atoms in total. The van der Waals surface area contributed by atoms with Crippen molar-refractivity contribution in [3.63, 3.8) is 0 Å². The van der Waals surface area contributed by atoms with E-state index >= 15 is 0 Å². The Morgan fingerprint density at radius 2 is 1.28 bits per heavy atom. The zero-order chi connectivity index (χ0) is 20.8. The van der Waals surface area contributed by atoms with Gasteiger partial charge in [0.15, 0.2) is 0 Å². The summed E-state index contributed by atoms with van der Waals surface area (Å²) in [6.07, 6.45) is 14.4. The summed E-state index contributed by atoms with van der Waals surface area (Å²) < 4.78 is 0.908. The fourth-order valence-corrected chi connectivity index (χ4v) is 4.32. The number of benzene rings is 1. The Labute approximate surface area is 192 Å². The maximum absolute atomic E-state index is 11.1. The highest BCUT2D eigenvalue weighted by Crippen LogP contribution is 2.29. The molecule has 1 N–H and O–H groups in total. The van der Waals surface area contributed by atoms with Crippen molar-refractivity contribution in [2.45, 2.75) is 104 Å². The van der Waals surface area contributed by atoms with E-state index in [1.54, 1.807) is 0 Å². The Hall–Kier alpha value is -0.380. The molecule has 1 aromatic carbocycles. The zero-order valence-electron chi connectivity index (χ0n) is 19.9. The molecule has 0 aliphatic rings. The monoisotopic (exact) mass is 469 g/mol. The van der Waals surface area contributed by atoms with Crippen molar-refractivity contribution in [3.05, 3.63) is 35.9 Å². The molecule has 0 radical (unpaired) electrons. The number of quaternary nitrogens is 1. The van der Waals surface area contributed by atoms with Gasteiger partial charge in [0.2, 0.25) is 0 Å². The van der Waals surface area contributed by atoms with Gasteiger partial charge in [-0.2, -0.15) is 0 Å². The molecule has 1 aromatic rings. The van der Waals surface area contributed by atoms with E-state index in [0.717, 1.165) is 23.0 Å². The first-order valence-electron chi connectivity index (χ1n) is 11.9. The molecule has 0 aliphatic heterocycles. The number of aliphatic hydroxyl groups is 1. The molecule has 0 aliphatic carbocycles. The van der Waals surface area contributed by atoms with E-state index in [-0.39, 0.29) is 29.1 Å². The van der Waals surface area contributed by atoms with Crippen molar-refractivity contribution in [2.24, 2.45) is 5.92 Å². The molecule has 3 heteroatoms. The fourth-order valence-electron chi connectivity index (χ4n) is 4.32. The van der Waals surface area contributed by atoms with Gasteiger partial charge >= 0.3 is 0 Å². The summed E-state index contributed by atoms with van der Waals surface area (Å²) in [5.74, 6) is 0.591. The predicted molar refractivity (Wildman–Crippen MR) is 123 cm³/mol. The van der Waals surface area contributed by atoms with Gasteiger partial charge in [-0.05, 0) is 24.3 Å². The van der Waals surface area contributed by atoms with Gasteiger partial charge in [-0.1, -0.05) is 102 Å². The number of rotatable bonds is 16. The van der Waals surface area contributed by atoms with E-state index < -0.39 is 0 Å². The molecule has 2 atom stereocenters. The van der Waals surface area contributed by atoms with Crippen LogP contribution in [0.3, 0.4) is 0 Å². The molecule has 0 amide bonds. The van der Waals surface area contributed by atoms with Crippen LogP contribution in [0.5, 0.6) is 0 Å². The lowest BCUT2D eigenvalue weighted by Crippen LogP contribution is -3.00. The smallest absolute Gasteiger partial charge is 0.131 e.